The van der Waals surface area contributed by atoms with E-state index in [0.717, 1.165) is 6.42 Å². The van der Waals surface area contributed by atoms with E-state index in [1.165, 1.54) is 0 Å². The third-order valence-corrected chi connectivity index (χ3v) is 1.63. The van der Waals surface area contributed by atoms with E-state index < -0.39 is 0 Å². The van der Waals surface area contributed by atoms with Crippen molar-refractivity contribution >= 4 is 5.76 Å². The molecule has 0 aliphatic rings. The molecule has 1 heterocycles. The zero-order chi connectivity index (χ0) is 10.4. The molecule has 0 amide bonds. The molecule has 1 aromatic rings. The van der Waals surface area contributed by atoms with Crippen LogP contribution in [-0.2, 0) is 11.2 Å². The molecule has 0 bridgehead atoms. The highest BCUT2D eigenvalue weighted by Crippen LogP contribution is 2.15. The lowest BCUT2D eigenvalue weighted by molar-refractivity contribution is 0.344. The van der Waals surface area contributed by atoms with Crippen LogP contribution >= 0.6 is 0 Å². The molecular weight excluding hydrogens is 180 g/mol. The minimum absolute atomic E-state index is 0.232. The van der Waals surface area contributed by atoms with E-state index in [4.69, 9.17) is 14.4 Å². The number of nitrogens with zero attached hydrogens (tertiary/aromatic N) is 2. The van der Waals surface area contributed by atoms with Gasteiger partial charge in [-0.15, -0.1) is 0 Å². The van der Waals surface area contributed by atoms with Gasteiger partial charge < -0.3 is 9.15 Å². The molecule has 0 aliphatic carbocycles. The molecule has 0 unspecified atom stereocenters. The molecule has 1 aromatic heterocycles. The van der Waals surface area contributed by atoms with Crippen LogP contribution in [0.25, 0.3) is 5.76 Å². The van der Waals surface area contributed by atoms with Crippen LogP contribution in [0.15, 0.2) is 16.7 Å². The summed E-state index contributed by atoms with van der Waals surface area (Å²) in [5, 5.41) is 8.44. The summed E-state index contributed by atoms with van der Waals surface area (Å²) in [6.07, 6.45) is 4.50. The molecule has 0 atom stereocenters. The number of ether oxygens (including phenoxy) is 1. The number of rotatable bonds is 4. The van der Waals surface area contributed by atoms with Crippen LogP contribution in [0.4, 0.5) is 0 Å². The Balaban J connectivity index is 2.85. The zero-order valence-electron chi connectivity index (χ0n) is 8.28. The third-order valence-electron chi connectivity index (χ3n) is 1.63. The van der Waals surface area contributed by atoms with Gasteiger partial charge in [0, 0.05) is 0 Å². The van der Waals surface area contributed by atoms with Gasteiger partial charge in [-0.25, -0.2) is 4.98 Å². The fourth-order valence-electron chi connectivity index (χ4n) is 1.02. The summed E-state index contributed by atoms with van der Waals surface area (Å²) in [5.41, 5.74) is 0. The van der Waals surface area contributed by atoms with Gasteiger partial charge >= 0.3 is 0 Å². The van der Waals surface area contributed by atoms with Gasteiger partial charge in [0.1, 0.15) is 5.76 Å². The maximum Gasteiger partial charge on any atom is 0.262 e. The summed E-state index contributed by atoms with van der Waals surface area (Å²) in [6, 6.07) is 1.99. The molecule has 0 spiro atoms. The first kappa shape index (κ1) is 10.3. The van der Waals surface area contributed by atoms with Gasteiger partial charge in [-0.3, -0.25) is 0 Å². The maximum absolute atomic E-state index is 8.44. The predicted molar refractivity (Wildman–Crippen MR) is 51.1 cm³/mol. The Morgan fingerprint density at radius 3 is 3.14 bits per heavy atom. The molecule has 0 saturated carbocycles. The van der Waals surface area contributed by atoms with Gasteiger partial charge in [0.15, 0.2) is 5.76 Å². The second-order valence-electron chi connectivity index (χ2n) is 2.65. The molecule has 4 heteroatoms. The van der Waals surface area contributed by atoms with E-state index in [-0.39, 0.29) is 6.42 Å². The van der Waals surface area contributed by atoms with Gasteiger partial charge in [-0.2, -0.15) is 5.26 Å². The smallest absolute Gasteiger partial charge is 0.262 e. The lowest BCUT2D eigenvalue weighted by atomic mass is 10.4. The summed E-state index contributed by atoms with van der Waals surface area (Å²) in [5.74, 6) is 1.60. The zero-order valence-corrected chi connectivity index (χ0v) is 8.28. The standard InChI is InChI=1S/C10H12N2O2/c1-3-4-9(13-2)10-12-7-8(14-10)5-6-11/h4,7H,3,5H2,1-2H3/b9-4-. The number of methoxy groups -OCH3 is 1. The molecular formula is C10H12N2O2. The number of aromatic nitrogens is 1. The molecule has 0 radical (unpaired) electrons. The van der Waals surface area contributed by atoms with E-state index >= 15 is 0 Å². The van der Waals surface area contributed by atoms with Crippen molar-refractivity contribution < 1.29 is 9.15 Å². The Labute approximate surface area is 82.8 Å². The highest BCUT2D eigenvalue weighted by atomic mass is 16.5. The second kappa shape index (κ2) is 5.07. The maximum atomic E-state index is 8.44. The van der Waals surface area contributed by atoms with Crippen LogP contribution in [0.1, 0.15) is 25.0 Å². The molecule has 4 nitrogen and oxygen atoms in total. The topological polar surface area (TPSA) is 59.0 Å². The largest absolute Gasteiger partial charge is 0.491 e. The normalized spacial score (nSPS) is 11.1. The van der Waals surface area contributed by atoms with E-state index in [0.29, 0.717) is 17.4 Å². The average Bonchev–Trinajstić information content (AvgIpc) is 2.63. The van der Waals surface area contributed by atoms with Crippen LogP contribution in [0.2, 0.25) is 0 Å². The second-order valence-corrected chi connectivity index (χ2v) is 2.65. The van der Waals surface area contributed by atoms with Crippen molar-refractivity contribution in [1.82, 2.24) is 4.98 Å². The summed E-state index contributed by atoms with van der Waals surface area (Å²) in [7, 11) is 1.57. The van der Waals surface area contributed by atoms with Gasteiger partial charge in [0.25, 0.3) is 5.89 Å². The van der Waals surface area contributed by atoms with Crippen LogP contribution in [-0.4, -0.2) is 12.1 Å². The molecule has 0 aromatic carbocycles. The van der Waals surface area contributed by atoms with Gasteiger partial charge in [0.2, 0.25) is 0 Å². The minimum atomic E-state index is 0.232. The Hall–Kier alpha value is -1.76. The Morgan fingerprint density at radius 1 is 1.79 bits per heavy atom. The first-order chi connectivity index (χ1) is 6.81. The molecule has 1 rings (SSSR count). The highest BCUT2D eigenvalue weighted by molar-refractivity contribution is 5.50. The van der Waals surface area contributed by atoms with Gasteiger partial charge in [-0.1, -0.05) is 6.92 Å². The van der Waals surface area contributed by atoms with Crippen molar-refractivity contribution in [1.29, 1.82) is 5.26 Å². The quantitative estimate of drug-likeness (QED) is 0.686. The van der Waals surface area contributed by atoms with E-state index in [1.54, 1.807) is 13.3 Å². The number of nitriles is 1. The van der Waals surface area contributed by atoms with E-state index in [9.17, 15) is 0 Å². The number of allylic oxidation sites excluding steroid dienone is 1. The lowest BCUT2D eigenvalue weighted by Crippen LogP contribution is -1.86. The van der Waals surface area contributed by atoms with Crippen LogP contribution in [0.5, 0.6) is 0 Å². The summed E-state index contributed by atoms with van der Waals surface area (Å²) >= 11 is 0. The molecule has 14 heavy (non-hydrogen) atoms. The predicted octanol–water partition coefficient (Wildman–Crippen LogP) is 2.14. The fourth-order valence-corrected chi connectivity index (χ4v) is 1.02. The Kier molecular flexibility index (Phi) is 3.74. The van der Waals surface area contributed by atoms with Crippen molar-refractivity contribution in [2.45, 2.75) is 19.8 Å². The lowest BCUT2D eigenvalue weighted by Gasteiger charge is -1.99. The SMILES string of the molecule is CC/C=C(\OC)c1ncc(CC#N)o1. The molecule has 0 N–H and O–H groups in total. The third kappa shape index (κ3) is 2.36. The number of hydrogen-bond donors (Lipinski definition) is 0. The van der Waals surface area contributed by atoms with Gasteiger partial charge in [0.05, 0.1) is 25.8 Å². The monoisotopic (exact) mass is 192 g/mol. The fraction of sp³-hybridized carbons (Fsp3) is 0.400. The minimum Gasteiger partial charge on any atom is -0.491 e. The van der Waals surface area contributed by atoms with Crippen LogP contribution in [0, 0.1) is 11.3 Å². The number of oxazole rings is 1. The van der Waals surface area contributed by atoms with Crippen molar-refractivity contribution in [2.24, 2.45) is 0 Å². The average molecular weight is 192 g/mol. The summed E-state index contributed by atoms with van der Waals surface area (Å²) in [6.45, 7) is 2.00. The molecule has 0 aliphatic heterocycles. The summed E-state index contributed by atoms with van der Waals surface area (Å²) in [4.78, 5) is 4.01. The Bertz CT molecular complexity index is 360. The Morgan fingerprint density at radius 2 is 2.57 bits per heavy atom. The van der Waals surface area contributed by atoms with E-state index in [1.807, 2.05) is 19.1 Å². The highest BCUT2D eigenvalue weighted by Gasteiger charge is 2.08. The molecule has 0 fully saturated rings. The summed E-state index contributed by atoms with van der Waals surface area (Å²) < 4.78 is 10.4. The van der Waals surface area contributed by atoms with Crippen molar-refractivity contribution in [3.63, 3.8) is 0 Å². The van der Waals surface area contributed by atoms with Crippen molar-refractivity contribution in [2.75, 3.05) is 7.11 Å². The van der Waals surface area contributed by atoms with Crippen molar-refractivity contribution in [3.8, 4) is 6.07 Å². The van der Waals surface area contributed by atoms with Crippen molar-refractivity contribution in [3.05, 3.63) is 23.9 Å². The van der Waals surface area contributed by atoms with Gasteiger partial charge in [-0.05, 0) is 12.5 Å². The first-order valence-electron chi connectivity index (χ1n) is 4.38. The number of hydrogen-bond acceptors (Lipinski definition) is 4. The van der Waals surface area contributed by atoms with Crippen LogP contribution in [0.3, 0.4) is 0 Å². The first-order valence-corrected chi connectivity index (χ1v) is 4.38. The molecule has 74 valence electrons. The molecule has 0 saturated heterocycles. The van der Waals surface area contributed by atoms with E-state index in [2.05, 4.69) is 4.98 Å². The van der Waals surface area contributed by atoms with Crippen LogP contribution < -0.4 is 0 Å².